The monoisotopic (exact) mass is 415 g/mol. The zero-order valence-electron chi connectivity index (χ0n) is 17.3. The van der Waals surface area contributed by atoms with E-state index in [-0.39, 0.29) is 17.9 Å². The molecule has 0 unspecified atom stereocenters. The zero-order chi connectivity index (χ0) is 20.8. The van der Waals surface area contributed by atoms with Gasteiger partial charge in [0.1, 0.15) is 0 Å². The molecule has 1 heterocycles. The van der Waals surface area contributed by atoms with Crippen LogP contribution in [-0.2, 0) is 11.3 Å². The Kier molecular flexibility index (Phi) is 7.30. The molecule has 2 aromatic rings. The molecule has 29 heavy (non-hydrogen) atoms. The third-order valence-corrected chi connectivity index (χ3v) is 6.13. The molecule has 1 aliphatic rings. The molecule has 0 bridgehead atoms. The van der Waals surface area contributed by atoms with Crippen LogP contribution in [0.25, 0.3) is 0 Å². The van der Waals surface area contributed by atoms with Crippen molar-refractivity contribution >= 4 is 23.6 Å². The van der Waals surface area contributed by atoms with Crippen molar-refractivity contribution in [3.05, 3.63) is 41.2 Å². The fraction of sp³-hybridized carbons (Fsp3) is 0.524. The minimum Gasteiger partial charge on any atom is -0.353 e. The van der Waals surface area contributed by atoms with E-state index in [4.69, 9.17) is 0 Å². The number of benzene rings is 1. The molecule has 1 atom stereocenters. The van der Waals surface area contributed by atoms with Crippen LogP contribution in [0.1, 0.15) is 67.3 Å². The summed E-state index contributed by atoms with van der Waals surface area (Å²) < 4.78 is 1.95. The van der Waals surface area contributed by atoms with Crippen LogP contribution < -0.4 is 10.6 Å². The fourth-order valence-corrected chi connectivity index (χ4v) is 4.36. The molecule has 1 aliphatic carbocycles. The Morgan fingerprint density at radius 2 is 1.90 bits per heavy atom. The summed E-state index contributed by atoms with van der Waals surface area (Å²) in [5, 5.41) is 15.3. The van der Waals surface area contributed by atoms with Crippen molar-refractivity contribution in [1.29, 1.82) is 0 Å². The first-order valence-corrected chi connectivity index (χ1v) is 11.2. The number of nitrogens with one attached hydrogen (secondary N) is 2. The van der Waals surface area contributed by atoms with E-state index >= 15 is 0 Å². The van der Waals surface area contributed by atoms with Gasteiger partial charge >= 0.3 is 0 Å². The Hall–Kier alpha value is -2.35. The molecule has 0 radical (unpaired) electrons. The van der Waals surface area contributed by atoms with Crippen LogP contribution in [-0.4, -0.2) is 38.4 Å². The number of aryl methyl sites for hydroxylation is 1. The maximum atomic E-state index is 12.5. The standard InChI is InChI=1S/C21H29N5O2S/c1-4-26-19(15(3)22-20(28)16-11-9-14(2)10-12-16)24-25-21(26)29-13-18(27)23-17-7-5-6-8-17/h9-12,15,17H,4-8,13H2,1-3H3,(H,22,28)(H,23,27)/t15-/m1/s1. The molecule has 1 saturated carbocycles. The van der Waals surface area contributed by atoms with Gasteiger partial charge in [0.15, 0.2) is 11.0 Å². The van der Waals surface area contributed by atoms with E-state index in [2.05, 4.69) is 20.8 Å². The predicted octanol–water partition coefficient (Wildman–Crippen LogP) is 3.25. The van der Waals surface area contributed by atoms with Gasteiger partial charge in [-0.15, -0.1) is 10.2 Å². The van der Waals surface area contributed by atoms with Crippen LogP contribution in [0.15, 0.2) is 29.4 Å². The molecule has 156 valence electrons. The first-order valence-electron chi connectivity index (χ1n) is 10.2. The van der Waals surface area contributed by atoms with Crippen molar-refractivity contribution in [2.75, 3.05) is 5.75 Å². The molecule has 0 spiro atoms. The number of amides is 2. The maximum Gasteiger partial charge on any atom is 0.251 e. The van der Waals surface area contributed by atoms with Gasteiger partial charge < -0.3 is 15.2 Å². The molecule has 2 N–H and O–H groups in total. The van der Waals surface area contributed by atoms with Gasteiger partial charge in [-0.1, -0.05) is 42.3 Å². The largest absolute Gasteiger partial charge is 0.353 e. The number of hydrogen-bond acceptors (Lipinski definition) is 5. The van der Waals surface area contributed by atoms with Crippen LogP contribution in [0.4, 0.5) is 0 Å². The number of aromatic nitrogens is 3. The second-order valence-electron chi connectivity index (χ2n) is 7.48. The third-order valence-electron chi connectivity index (χ3n) is 5.16. The summed E-state index contributed by atoms with van der Waals surface area (Å²) in [4.78, 5) is 24.7. The lowest BCUT2D eigenvalue weighted by molar-refractivity contribution is -0.119. The molecule has 1 aromatic carbocycles. The van der Waals surface area contributed by atoms with E-state index in [0.29, 0.717) is 34.9 Å². The minimum absolute atomic E-state index is 0.0369. The summed E-state index contributed by atoms with van der Waals surface area (Å²) in [5.41, 5.74) is 1.72. The Morgan fingerprint density at radius 1 is 1.21 bits per heavy atom. The molecule has 2 amide bonds. The Morgan fingerprint density at radius 3 is 2.55 bits per heavy atom. The van der Waals surface area contributed by atoms with Gasteiger partial charge in [-0.25, -0.2) is 0 Å². The Balaban J connectivity index is 1.59. The molecule has 1 fully saturated rings. The van der Waals surface area contributed by atoms with Gasteiger partial charge in [-0.05, 0) is 45.7 Å². The van der Waals surface area contributed by atoms with Crippen molar-refractivity contribution in [3.8, 4) is 0 Å². The van der Waals surface area contributed by atoms with Crippen molar-refractivity contribution in [2.24, 2.45) is 0 Å². The highest BCUT2D eigenvalue weighted by Crippen LogP contribution is 2.22. The second kappa shape index (κ2) is 9.91. The highest BCUT2D eigenvalue weighted by molar-refractivity contribution is 7.99. The van der Waals surface area contributed by atoms with Crippen LogP contribution in [0.3, 0.4) is 0 Å². The van der Waals surface area contributed by atoms with Gasteiger partial charge in [-0.3, -0.25) is 9.59 Å². The van der Waals surface area contributed by atoms with Gasteiger partial charge in [0.25, 0.3) is 5.91 Å². The van der Waals surface area contributed by atoms with Crippen LogP contribution in [0, 0.1) is 6.92 Å². The topological polar surface area (TPSA) is 88.9 Å². The van der Waals surface area contributed by atoms with Crippen LogP contribution in [0.2, 0.25) is 0 Å². The summed E-state index contributed by atoms with van der Waals surface area (Å²) in [5.74, 6) is 0.897. The minimum atomic E-state index is -0.294. The molecule has 0 aliphatic heterocycles. The molecular formula is C21H29N5O2S. The van der Waals surface area contributed by atoms with E-state index in [0.717, 1.165) is 18.4 Å². The highest BCUT2D eigenvalue weighted by Gasteiger charge is 2.21. The quantitative estimate of drug-likeness (QED) is 0.646. The summed E-state index contributed by atoms with van der Waals surface area (Å²) in [7, 11) is 0. The number of hydrogen-bond donors (Lipinski definition) is 2. The summed E-state index contributed by atoms with van der Waals surface area (Å²) >= 11 is 1.38. The second-order valence-corrected chi connectivity index (χ2v) is 8.43. The molecule has 7 nitrogen and oxygen atoms in total. The molecule has 8 heteroatoms. The molecule has 3 rings (SSSR count). The number of nitrogens with zero attached hydrogens (tertiary/aromatic N) is 3. The average Bonchev–Trinajstić information content (AvgIpc) is 3.36. The normalized spacial score (nSPS) is 15.3. The van der Waals surface area contributed by atoms with E-state index in [1.165, 1.54) is 24.6 Å². The number of carbonyl (C=O) groups excluding carboxylic acids is 2. The van der Waals surface area contributed by atoms with Gasteiger partial charge in [0.05, 0.1) is 11.8 Å². The lowest BCUT2D eigenvalue weighted by Crippen LogP contribution is -2.33. The Bertz CT molecular complexity index is 843. The van der Waals surface area contributed by atoms with Crippen molar-refractivity contribution in [1.82, 2.24) is 25.4 Å². The lowest BCUT2D eigenvalue weighted by atomic mass is 10.1. The third kappa shape index (κ3) is 5.59. The predicted molar refractivity (Wildman–Crippen MR) is 114 cm³/mol. The molecular weight excluding hydrogens is 386 g/mol. The average molecular weight is 416 g/mol. The number of carbonyl (C=O) groups is 2. The Labute approximate surface area is 176 Å². The van der Waals surface area contributed by atoms with Crippen LogP contribution >= 0.6 is 11.8 Å². The number of rotatable bonds is 8. The van der Waals surface area contributed by atoms with E-state index < -0.39 is 0 Å². The summed E-state index contributed by atoms with van der Waals surface area (Å²) in [6.07, 6.45) is 4.53. The van der Waals surface area contributed by atoms with Gasteiger partial charge in [0.2, 0.25) is 5.91 Å². The van der Waals surface area contributed by atoms with E-state index in [1.54, 1.807) is 0 Å². The summed E-state index contributed by atoms with van der Waals surface area (Å²) in [6, 6.07) is 7.48. The van der Waals surface area contributed by atoms with Crippen molar-refractivity contribution in [3.63, 3.8) is 0 Å². The highest BCUT2D eigenvalue weighted by atomic mass is 32.2. The van der Waals surface area contributed by atoms with Gasteiger partial charge in [0, 0.05) is 18.2 Å². The lowest BCUT2D eigenvalue weighted by Gasteiger charge is -2.15. The van der Waals surface area contributed by atoms with E-state index in [9.17, 15) is 9.59 Å². The summed E-state index contributed by atoms with van der Waals surface area (Å²) in [6.45, 7) is 6.55. The first-order chi connectivity index (χ1) is 14.0. The van der Waals surface area contributed by atoms with E-state index in [1.807, 2.05) is 49.6 Å². The van der Waals surface area contributed by atoms with Crippen molar-refractivity contribution in [2.45, 2.75) is 70.2 Å². The van der Waals surface area contributed by atoms with Crippen molar-refractivity contribution < 1.29 is 9.59 Å². The zero-order valence-corrected chi connectivity index (χ0v) is 18.1. The maximum absolute atomic E-state index is 12.5. The first kappa shape index (κ1) is 21.4. The van der Waals surface area contributed by atoms with Crippen LogP contribution in [0.5, 0.6) is 0 Å². The van der Waals surface area contributed by atoms with Gasteiger partial charge in [-0.2, -0.15) is 0 Å². The molecule has 1 aromatic heterocycles. The molecule has 0 saturated heterocycles. The smallest absolute Gasteiger partial charge is 0.251 e. The fourth-order valence-electron chi connectivity index (χ4n) is 3.54. The number of thioether (sulfide) groups is 1. The SMILES string of the molecule is CCn1c(SCC(=O)NC2CCCC2)nnc1[C@@H](C)NC(=O)c1ccc(C)cc1.